The molecule has 0 radical (unpaired) electrons. The van der Waals surface area contributed by atoms with E-state index in [2.05, 4.69) is 6.58 Å². The van der Waals surface area contributed by atoms with Crippen molar-refractivity contribution in [3.8, 4) is 0 Å². The Morgan fingerprint density at radius 1 is 1.33 bits per heavy atom. The first-order valence-corrected chi connectivity index (χ1v) is 4.19. The predicted octanol–water partition coefficient (Wildman–Crippen LogP) is 2.51. The maximum atomic E-state index is 9.59. The Kier molecular flexibility index (Phi) is 3.32. The average molecular weight is 183 g/mol. The molecular formula is C10H11ClO. The molecule has 0 aliphatic carbocycles. The van der Waals surface area contributed by atoms with Gasteiger partial charge in [0.25, 0.3) is 0 Å². The van der Waals surface area contributed by atoms with Gasteiger partial charge in [-0.2, -0.15) is 0 Å². The molecule has 0 bridgehead atoms. The van der Waals surface area contributed by atoms with Crippen LogP contribution in [0.15, 0.2) is 43.0 Å². The summed E-state index contributed by atoms with van der Waals surface area (Å²) in [5, 5.41) is 9.16. The smallest absolute Gasteiger partial charge is 0.0988 e. The lowest BCUT2D eigenvalue weighted by atomic mass is 10.1. The Morgan fingerprint density at radius 3 is 2.42 bits per heavy atom. The van der Waals surface area contributed by atoms with E-state index in [9.17, 15) is 5.11 Å². The third-order valence-electron chi connectivity index (χ3n) is 1.67. The summed E-state index contributed by atoms with van der Waals surface area (Å²) < 4.78 is 0. The van der Waals surface area contributed by atoms with Crippen molar-refractivity contribution in [2.45, 2.75) is 11.5 Å². The molecule has 0 saturated heterocycles. The third kappa shape index (κ3) is 2.10. The van der Waals surface area contributed by atoms with Crippen molar-refractivity contribution in [1.82, 2.24) is 0 Å². The van der Waals surface area contributed by atoms with Crippen LogP contribution in [0, 0.1) is 0 Å². The van der Waals surface area contributed by atoms with Crippen LogP contribution in [0.4, 0.5) is 0 Å². The number of benzene rings is 1. The van der Waals surface area contributed by atoms with Gasteiger partial charge in [-0.05, 0) is 5.56 Å². The molecule has 0 aromatic heterocycles. The van der Waals surface area contributed by atoms with Gasteiger partial charge in [-0.3, -0.25) is 0 Å². The van der Waals surface area contributed by atoms with Crippen LogP contribution < -0.4 is 0 Å². The Hall–Kier alpha value is -0.790. The highest BCUT2D eigenvalue weighted by atomic mass is 35.5. The normalized spacial score (nSPS) is 15.2. The first-order chi connectivity index (χ1) is 5.75. The lowest BCUT2D eigenvalue weighted by Gasteiger charge is -2.12. The first-order valence-electron chi connectivity index (χ1n) is 3.75. The molecule has 1 rings (SSSR count). The van der Waals surface area contributed by atoms with Gasteiger partial charge < -0.3 is 5.11 Å². The third-order valence-corrected chi connectivity index (χ3v) is 2.08. The highest BCUT2D eigenvalue weighted by Gasteiger charge is 2.13. The molecule has 0 aliphatic heterocycles. The maximum absolute atomic E-state index is 9.59. The minimum Gasteiger partial charge on any atom is -0.387 e. The second-order valence-corrected chi connectivity index (χ2v) is 3.04. The van der Waals surface area contributed by atoms with Gasteiger partial charge in [0.2, 0.25) is 0 Å². The number of aliphatic hydroxyl groups excluding tert-OH is 1. The van der Waals surface area contributed by atoms with E-state index in [0.29, 0.717) is 0 Å². The van der Waals surface area contributed by atoms with Crippen LogP contribution in [0.3, 0.4) is 0 Å². The van der Waals surface area contributed by atoms with Crippen molar-refractivity contribution < 1.29 is 5.11 Å². The average Bonchev–Trinajstić information content (AvgIpc) is 2.17. The summed E-state index contributed by atoms with van der Waals surface area (Å²) in [6.07, 6.45) is 0.865. The fourth-order valence-electron chi connectivity index (χ4n) is 0.963. The van der Waals surface area contributed by atoms with Crippen LogP contribution in [0.1, 0.15) is 11.7 Å². The summed E-state index contributed by atoms with van der Waals surface area (Å²) in [6, 6.07) is 9.30. The summed E-state index contributed by atoms with van der Waals surface area (Å²) in [7, 11) is 0. The summed E-state index contributed by atoms with van der Waals surface area (Å²) >= 11 is 5.78. The Balaban J connectivity index is 2.78. The SMILES string of the molecule is C=C[C@@H](Cl)[C@@H](O)c1ccccc1. The molecule has 12 heavy (non-hydrogen) atoms. The first kappa shape index (κ1) is 9.30. The van der Waals surface area contributed by atoms with E-state index < -0.39 is 11.5 Å². The summed E-state index contributed by atoms with van der Waals surface area (Å²) in [5.41, 5.74) is 0.817. The molecule has 0 spiro atoms. The molecule has 1 N–H and O–H groups in total. The minimum absolute atomic E-state index is 0.424. The maximum Gasteiger partial charge on any atom is 0.0988 e. The number of alkyl halides is 1. The number of rotatable bonds is 3. The van der Waals surface area contributed by atoms with Crippen molar-refractivity contribution >= 4 is 11.6 Å². The van der Waals surface area contributed by atoms with Crippen LogP contribution in [-0.4, -0.2) is 10.5 Å². The molecule has 64 valence electrons. The van der Waals surface area contributed by atoms with E-state index in [1.165, 1.54) is 6.08 Å². The number of aliphatic hydroxyl groups is 1. The molecule has 0 saturated carbocycles. The monoisotopic (exact) mass is 182 g/mol. The van der Waals surface area contributed by atoms with Gasteiger partial charge in [0.15, 0.2) is 0 Å². The molecule has 0 heterocycles. The molecule has 0 unspecified atom stereocenters. The van der Waals surface area contributed by atoms with Gasteiger partial charge >= 0.3 is 0 Å². The number of hydrogen-bond donors (Lipinski definition) is 1. The zero-order chi connectivity index (χ0) is 8.97. The van der Waals surface area contributed by atoms with Gasteiger partial charge in [0, 0.05) is 0 Å². The lowest BCUT2D eigenvalue weighted by Crippen LogP contribution is -2.08. The van der Waals surface area contributed by atoms with E-state index in [-0.39, 0.29) is 0 Å². The summed E-state index contributed by atoms with van der Waals surface area (Å²) in [5.74, 6) is 0. The van der Waals surface area contributed by atoms with Crippen LogP contribution in [-0.2, 0) is 0 Å². The molecule has 0 fully saturated rings. The summed E-state index contributed by atoms with van der Waals surface area (Å²) in [6.45, 7) is 3.52. The lowest BCUT2D eigenvalue weighted by molar-refractivity contribution is 0.185. The van der Waals surface area contributed by atoms with Crippen LogP contribution in [0.2, 0.25) is 0 Å². The molecule has 0 aliphatic rings. The molecular weight excluding hydrogens is 172 g/mol. The minimum atomic E-state index is -0.662. The van der Waals surface area contributed by atoms with Crippen molar-refractivity contribution in [2.75, 3.05) is 0 Å². The van der Waals surface area contributed by atoms with E-state index in [1.54, 1.807) is 0 Å². The van der Waals surface area contributed by atoms with Gasteiger partial charge in [-0.15, -0.1) is 18.2 Å². The van der Waals surface area contributed by atoms with Crippen molar-refractivity contribution in [3.05, 3.63) is 48.6 Å². The molecule has 2 atom stereocenters. The van der Waals surface area contributed by atoms with Crippen molar-refractivity contribution in [1.29, 1.82) is 0 Å². The van der Waals surface area contributed by atoms with Gasteiger partial charge in [-0.25, -0.2) is 0 Å². The standard InChI is InChI=1S/C10H11ClO/c1-2-9(11)10(12)8-6-4-3-5-7-8/h2-7,9-10,12H,1H2/t9-,10+/m1/s1. The Morgan fingerprint density at radius 2 is 1.92 bits per heavy atom. The zero-order valence-electron chi connectivity index (χ0n) is 6.65. The highest BCUT2D eigenvalue weighted by molar-refractivity contribution is 6.22. The molecule has 1 nitrogen and oxygen atoms in total. The van der Waals surface area contributed by atoms with Gasteiger partial charge in [-0.1, -0.05) is 36.4 Å². The van der Waals surface area contributed by atoms with E-state index in [4.69, 9.17) is 11.6 Å². The summed E-state index contributed by atoms with van der Waals surface area (Å²) in [4.78, 5) is 0. The van der Waals surface area contributed by atoms with E-state index >= 15 is 0 Å². The quantitative estimate of drug-likeness (QED) is 0.563. The molecule has 1 aromatic rings. The number of hydrogen-bond acceptors (Lipinski definition) is 1. The fourth-order valence-corrected chi connectivity index (χ4v) is 1.11. The second-order valence-electron chi connectivity index (χ2n) is 2.54. The van der Waals surface area contributed by atoms with Crippen molar-refractivity contribution in [3.63, 3.8) is 0 Å². The fraction of sp³-hybridized carbons (Fsp3) is 0.200. The Bertz CT molecular complexity index is 245. The van der Waals surface area contributed by atoms with Gasteiger partial charge in [0.1, 0.15) is 0 Å². The topological polar surface area (TPSA) is 20.2 Å². The second kappa shape index (κ2) is 4.29. The molecule has 0 amide bonds. The van der Waals surface area contributed by atoms with E-state index in [1.807, 2.05) is 30.3 Å². The van der Waals surface area contributed by atoms with Crippen LogP contribution >= 0.6 is 11.6 Å². The highest BCUT2D eigenvalue weighted by Crippen LogP contribution is 2.20. The number of halogens is 1. The predicted molar refractivity (Wildman–Crippen MR) is 51.2 cm³/mol. The van der Waals surface area contributed by atoms with E-state index in [0.717, 1.165) is 5.56 Å². The van der Waals surface area contributed by atoms with Crippen molar-refractivity contribution in [2.24, 2.45) is 0 Å². The Labute approximate surface area is 77.3 Å². The zero-order valence-corrected chi connectivity index (χ0v) is 7.41. The molecule has 2 heteroatoms. The van der Waals surface area contributed by atoms with Crippen LogP contribution in [0.25, 0.3) is 0 Å². The molecule has 1 aromatic carbocycles. The van der Waals surface area contributed by atoms with Crippen LogP contribution in [0.5, 0.6) is 0 Å². The van der Waals surface area contributed by atoms with Gasteiger partial charge in [0.05, 0.1) is 11.5 Å². The largest absolute Gasteiger partial charge is 0.387 e.